The molecule has 0 saturated heterocycles. The van der Waals surface area contributed by atoms with Crippen molar-refractivity contribution >= 4 is 0 Å². The summed E-state index contributed by atoms with van der Waals surface area (Å²) in [5.41, 5.74) is 0.650. The normalized spacial score (nSPS) is 38.1. The van der Waals surface area contributed by atoms with Gasteiger partial charge in [0, 0.05) is 6.04 Å². The highest BCUT2D eigenvalue weighted by molar-refractivity contribution is 4.90. The minimum Gasteiger partial charge on any atom is -0.313 e. The van der Waals surface area contributed by atoms with Crippen LogP contribution in [-0.2, 0) is 0 Å². The SMILES string of the molecule is CC1CCC1NCC1CC(C)(C)C1. The van der Waals surface area contributed by atoms with Crippen LogP contribution in [0.1, 0.15) is 46.5 Å². The van der Waals surface area contributed by atoms with Crippen LogP contribution in [0.4, 0.5) is 0 Å². The first-order valence-electron chi connectivity index (χ1n) is 5.80. The Morgan fingerprint density at radius 1 is 1.23 bits per heavy atom. The van der Waals surface area contributed by atoms with E-state index < -0.39 is 0 Å². The molecule has 0 aromatic carbocycles. The van der Waals surface area contributed by atoms with E-state index in [9.17, 15) is 0 Å². The maximum absolute atomic E-state index is 3.71. The Hall–Kier alpha value is -0.0400. The summed E-state index contributed by atoms with van der Waals surface area (Å²) >= 11 is 0. The molecule has 0 aromatic rings. The quantitative estimate of drug-likeness (QED) is 0.706. The van der Waals surface area contributed by atoms with Gasteiger partial charge in [-0.3, -0.25) is 0 Å². The van der Waals surface area contributed by atoms with E-state index in [0.29, 0.717) is 5.41 Å². The average Bonchev–Trinajstić information content (AvgIpc) is 1.98. The fraction of sp³-hybridized carbons (Fsp3) is 1.00. The molecule has 0 bridgehead atoms. The Kier molecular flexibility index (Phi) is 2.39. The summed E-state index contributed by atoms with van der Waals surface area (Å²) in [4.78, 5) is 0. The molecule has 0 aromatic heterocycles. The number of nitrogens with one attached hydrogen (secondary N) is 1. The summed E-state index contributed by atoms with van der Waals surface area (Å²) in [6.45, 7) is 8.41. The summed E-state index contributed by atoms with van der Waals surface area (Å²) in [6, 6.07) is 0.851. The van der Waals surface area contributed by atoms with Gasteiger partial charge < -0.3 is 5.32 Å². The van der Waals surface area contributed by atoms with Gasteiger partial charge in [-0.1, -0.05) is 20.8 Å². The lowest BCUT2D eigenvalue weighted by molar-refractivity contribution is 0.0849. The van der Waals surface area contributed by atoms with Crippen LogP contribution in [0.15, 0.2) is 0 Å². The van der Waals surface area contributed by atoms with E-state index in [4.69, 9.17) is 0 Å². The van der Waals surface area contributed by atoms with Crippen molar-refractivity contribution in [3.05, 3.63) is 0 Å². The van der Waals surface area contributed by atoms with Gasteiger partial charge in [0.05, 0.1) is 0 Å². The van der Waals surface area contributed by atoms with Gasteiger partial charge >= 0.3 is 0 Å². The Morgan fingerprint density at radius 3 is 2.31 bits per heavy atom. The van der Waals surface area contributed by atoms with Gasteiger partial charge in [-0.2, -0.15) is 0 Å². The zero-order valence-electron chi connectivity index (χ0n) is 9.27. The van der Waals surface area contributed by atoms with E-state index in [1.165, 1.54) is 32.2 Å². The van der Waals surface area contributed by atoms with Crippen LogP contribution in [0.3, 0.4) is 0 Å². The maximum Gasteiger partial charge on any atom is 0.00929 e. The lowest BCUT2D eigenvalue weighted by atomic mass is 9.64. The molecule has 0 spiro atoms. The third-order valence-corrected chi connectivity index (χ3v) is 3.97. The van der Waals surface area contributed by atoms with Gasteiger partial charge in [0.1, 0.15) is 0 Å². The van der Waals surface area contributed by atoms with Crippen molar-refractivity contribution in [1.29, 1.82) is 0 Å². The first-order chi connectivity index (χ1) is 6.07. The molecule has 1 heteroatoms. The second-order valence-electron chi connectivity index (χ2n) is 6.01. The Morgan fingerprint density at radius 2 is 1.92 bits per heavy atom. The number of hydrogen-bond donors (Lipinski definition) is 1. The van der Waals surface area contributed by atoms with Crippen LogP contribution in [0, 0.1) is 17.3 Å². The number of rotatable bonds is 3. The van der Waals surface area contributed by atoms with Gasteiger partial charge in [-0.05, 0) is 49.5 Å². The second kappa shape index (κ2) is 3.27. The van der Waals surface area contributed by atoms with Crippen LogP contribution < -0.4 is 5.32 Å². The zero-order valence-corrected chi connectivity index (χ0v) is 9.27. The van der Waals surface area contributed by atoms with Gasteiger partial charge in [0.15, 0.2) is 0 Å². The molecule has 2 unspecified atom stereocenters. The largest absolute Gasteiger partial charge is 0.313 e. The standard InChI is InChI=1S/C12H23N/c1-9-4-5-11(9)13-8-10-6-12(2,3)7-10/h9-11,13H,4-8H2,1-3H3. The van der Waals surface area contributed by atoms with E-state index in [2.05, 4.69) is 26.1 Å². The predicted octanol–water partition coefficient (Wildman–Crippen LogP) is 2.81. The molecule has 2 fully saturated rings. The molecule has 0 amide bonds. The van der Waals surface area contributed by atoms with E-state index in [-0.39, 0.29) is 0 Å². The van der Waals surface area contributed by atoms with Crippen molar-refractivity contribution in [3.8, 4) is 0 Å². The van der Waals surface area contributed by atoms with Crippen LogP contribution in [-0.4, -0.2) is 12.6 Å². The molecule has 76 valence electrons. The molecule has 2 atom stereocenters. The third kappa shape index (κ3) is 2.07. The predicted molar refractivity (Wildman–Crippen MR) is 56.7 cm³/mol. The molecular formula is C12H23N. The van der Waals surface area contributed by atoms with Crippen LogP contribution >= 0.6 is 0 Å². The van der Waals surface area contributed by atoms with Crippen molar-refractivity contribution in [1.82, 2.24) is 5.32 Å². The van der Waals surface area contributed by atoms with Crippen molar-refractivity contribution in [2.45, 2.75) is 52.5 Å². The summed E-state index contributed by atoms with van der Waals surface area (Å²) < 4.78 is 0. The van der Waals surface area contributed by atoms with Gasteiger partial charge in [-0.25, -0.2) is 0 Å². The monoisotopic (exact) mass is 181 g/mol. The molecule has 2 aliphatic rings. The van der Waals surface area contributed by atoms with Gasteiger partial charge in [0.25, 0.3) is 0 Å². The summed E-state index contributed by atoms with van der Waals surface area (Å²) in [6.07, 6.45) is 5.72. The lowest BCUT2D eigenvalue weighted by Gasteiger charge is -2.44. The highest BCUT2D eigenvalue weighted by Gasteiger charge is 2.36. The molecule has 0 aliphatic heterocycles. The van der Waals surface area contributed by atoms with Crippen LogP contribution in [0.5, 0.6) is 0 Å². The zero-order chi connectivity index (χ0) is 9.47. The van der Waals surface area contributed by atoms with Crippen molar-refractivity contribution in [2.75, 3.05) is 6.54 Å². The molecule has 2 rings (SSSR count). The molecule has 0 heterocycles. The smallest absolute Gasteiger partial charge is 0.00929 e. The summed E-state index contributed by atoms with van der Waals surface area (Å²) in [7, 11) is 0. The minimum absolute atomic E-state index is 0.650. The van der Waals surface area contributed by atoms with Crippen LogP contribution in [0.2, 0.25) is 0 Å². The van der Waals surface area contributed by atoms with Crippen molar-refractivity contribution in [2.24, 2.45) is 17.3 Å². The number of hydrogen-bond acceptors (Lipinski definition) is 1. The minimum atomic E-state index is 0.650. The molecule has 2 aliphatic carbocycles. The van der Waals surface area contributed by atoms with Gasteiger partial charge in [-0.15, -0.1) is 0 Å². The fourth-order valence-electron chi connectivity index (χ4n) is 2.94. The van der Waals surface area contributed by atoms with Gasteiger partial charge in [0.2, 0.25) is 0 Å². The first-order valence-corrected chi connectivity index (χ1v) is 5.80. The topological polar surface area (TPSA) is 12.0 Å². The highest BCUT2D eigenvalue weighted by Crippen LogP contribution is 2.44. The molecule has 0 radical (unpaired) electrons. The van der Waals surface area contributed by atoms with Crippen molar-refractivity contribution < 1.29 is 0 Å². The Balaban J connectivity index is 1.60. The van der Waals surface area contributed by atoms with E-state index in [0.717, 1.165) is 17.9 Å². The van der Waals surface area contributed by atoms with E-state index in [1.807, 2.05) is 0 Å². The van der Waals surface area contributed by atoms with E-state index in [1.54, 1.807) is 0 Å². The third-order valence-electron chi connectivity index (χ3n) is 3.97. The maximum atomic E-state index is 3.71. The molecule has 1 nitrogen and oxygen atoms in total. The fourth-order valence-corrected chi connectivity index (χ4v) is 2.94. The molecular weight excluding hydrogens is 158 g/mol. The van der Waals surface area contributed by atoms with E-state index >= 15 is 0 Å². The summed E-state index contributed by atoms with van der Waals surface area (Å²) in [5, 5.41) is 3.71. The highest BCUT2D eigenvalue weighted by atomic mass is 14.9. The Labute approximate surface area is 82.3 Å². The molecule has 2 saturated carbocycles. The lowest BCUT2D eigenvalue weighted by Crippen LogP contribution is -2.47. The summed E-state index contributed by atoms with van der Waals surface area (Å²) in [5.74, 6) is 1.91. The molecule has 13 heavy (non-hydrogen) atoms. The van der Waals surface area contributed by atoms with Crippen LogP contribution in [0.25, 0.3) is 0 Å². The van der Waals surface area contributed by atoms with Crippen molar-refractivity contribution in [3.63, 3.8) is 0 Å². The first kappa shape index (κ1) is 9.51. The Bertz CT molecular complexity index is 178. The molecule has 1 N–H and O–H groups in total. The second-order valence-corrected chi connectivity index (χ2v) is 6.01. The average molecular weight is 181 g/mol.